The maximum absolute atomic E-state index is 11.4. The van der Waals surface area contributed by atoms with Gasteiger partial charge in [0.1, 0.15) is 5.69 Å². The van der Waals surface area contributed by atoms with E-state index in [9.17, 15) is 10.1 Å². The summed E-state index contributed by atoms with van der Waals surface area (Å²) >= 11 is 0. The largest absolute Gasteiger partial charge is 0.351 e. The molecule has 2 N–H and O–H groups in total. The minimum absolute atomic E-state index is 0.0932. The van der Waals surface area contributed by atoms with Crippen LogP contribution in [0.2, 0.25) is 0 Å². The SMILES string of the molecule is Cc1nn(C(C)C)c(N2CCCC(CN)C2)c1[N+](=O)[O-]. The number of aryl methyl sites for hydroxylation is 1. The van der Waals surface area contributed by atoms with Crippen LogP contribution in [0.3, 0.4) is 0 Å². The Morgan fingerprint density at radius 2 is 2.25 bits per heavy atom. The van der Waals surface area contributed by atoms with E-state index in [1.807, 2.05) is 13.8 Å². The van der Waals surface area contributed by atoms with E-state index in [4.69, 9.17) is 5.73 Å². The summed E-state index contributed by atoms with van der Waals surface area (Å²) in [6, 6.07) is 0.0932. The van der Waals surface area contributed by atoms with E-state index >= 15 is 0 Å². The molecule has 0 aliphatic carbocycles. The molecule has 7 nitrogen and oxygen atoms in total. The molecule has 2 rings (SSSR count). The number of anilines is 1. The van der Waals surface area contributed by atoms with Crippen molar-refractivity contribution >= 4 is 11.5 Å². The zero-order chi connectivity index (χ0) is 14.9. The number of nitrogens with zero attached hydrogens (tertiary/aromatic N) is 4. The smallest absolute Gasteiger partial charge is 0.333 e. The Balaban J connectivity index is 2.44. The average Bonchev–Trinajstić information content (AvgIpc) is 2.76. The quantitative estimate of drug-likeness (QED) is 0.672. The van der Waals surface area contributed by atoms with E-state index in [1.165, 1.54) is 0 Å². The van der Waals surface area contributed by atoms with Gasteiger partial charge in [-0.2, -0.15) is 5.10 Å². The number of rotatable bonds is 4. The van der Waals surface area contributed by atoms with E-state index in [-0.39, 0.29) is 16.7 Å². The Morgan fingerprint density at radius 1 is 1.55 bits per heavy atom. The lowest BCUT2D eigenvalue weighted by molar-refractivity contribution is -0.384. The molecule has 0 radical (unpaired) electrons. The second-order valence-corrected chi connectivity index (χ2v) is 5.74. The predicted octanol–water partition coefficient (Wildman–Crippen LogP) is 1.86. The van der Waals surface area contributed by atoms with E-state index < -0.39 is 0 Å². The van der Waals surface area contributed by atoms with Crippen molar-refractivity contribution in [3.63, 3.8) is 0 Å². The first-order chi connectivity index (χ1) is 9.45. The molecule has 0 amide bonds. The van der Waals surface area contributed by atoms with Crippen molar-refractivity contribution in [2.24, 2.45) is 11.7 Å². The summed E-state index contributed by atoms with van der Waals surface area (Å²) < 4.78 is 1.77. The fourth-order valence-electron chi connectivity index (χ4n) is 2.84. The Labute approximate surface area is 118 Å². The van der Waals surface area contributed by atoms with Gasteiger partial charge in [-0.1, -0.05) is 0 Å². The second kappa shape index (κ2) is 5.78. The van der Waals surface area contributed by atoms with E-state index in [1.54, 1.807) is 11.6 Å². The molecule has 20 heavy (non-hydrogen) atoms. The van der Waals surface area contributed by atoms with Crippen LogP contribution in [0, 0.1) is 23.0 Å². The standard InChI is InChI=1S/C13H23N5O2/c1-9(2)17-13(12(18(19)20)10(3)15-17)16-6-4-5-11(7-14)8-16/h9,11H,4-8,14H2,1-3H3. The third-order valence-corrected chi connectivity index (χ3v) is 3.85. The molecule has 1 saturated heterocycles. The minimum Gasteiger partial charge on any atom is -0.351 e. The highest BCUT2D eigenvalue weighted by Crippen LogP contribution is 2.35. The molecule has 0 bridgehead atoms. The first-order valence-corrected chi connectivity index (χ1v) is 7.14. The molecule has 0 aromatic carbocycles. The minimum atomic E-state index is -0.317. The summed E-state index contributed by atoms with van der Waals surface area (Å²) in [5, 5.41) is 15.7. The molecule has 0 saturated carbocycles. The normalized spacial score (nSPS) is 19.6. The molecule has 1 atom stereocenters. The highest BCUT2D eigenvalue weighted by molar-refractivity contribution is 5.61. The van der Waals surface area contributed by atoms with Crippen LogP contribution in [-0.4, -0.2) is 34.3 Å². The lowest BCUT2D eigenvalue weighted by Gasteiger charge is -2.33. The topological polar surface area (TPSA) is 90.2 Å². The molecule has 1 aromatic heterocycles. The second-order valence-electron chi connectivity index (χ2n) is 5.74. The van der Waals surface area contributed by atoms with Crippen LogP contribution < -0.4 is 10.6 Å². The van der Waals surface area contributed by atoms with Crippen LogP contribution in [-0.2, 0) is 0 Å². The van der Waals surface area contributed by atoms with Crippen molar-refractivity contribution in [2.75, 3.05) is 24.5 Å². The summed E-state index contributed by atoms with van der Waals surface area (Å²) in [7, 11) is 0. The van der Waals surface area contributed by atoms with Gasteiger partial charge in [0, 0.05) is 19.1 Å². The van der Waals surface area contributed by atoms with Crippen molar-refractivity contribution < 1.29 is 4.92 Å². The van der Waals surface area contributed by atoms with Crippen molar-refractivity contribution in [1.29, 1.82) is 0 Å². The molecule has 1 aliphatic heterocycles. The van der Waals surface area contributed by atoms with Crippen molar-refractivity contribution in [1.82, 2.24) is 9.78 Å². The summed E-state index contributed by atoms with van der Waals surface area (Å²) in [6.07, 6.45) is 2.11. The zero-order valence-electron chi connectivity index (χ0n) is 12.4. The molecular formula is C13H23N5O2. The van der Waals surface area contributed by atoms with Crippen molar-refractivity contribution in [2.45, 2.75) is 39.7 Å². The Kier molecular flexibility index (Phi) is 4.27. The van der Waals surface area contributed by atoms with Crippen LogP contribution in [0.15, 0.2) is 0 Å². The first kappa shape index (κ1) is 14.8. The fourth-order valence-corrected chi connectivity index (χ4v) is 2.84. The first-order valence-electron chi connectivity index (χ1n) is 7.14. The van der Waals surface area contributed by atoms with Gasteiger partial charge in [-0.25, -0.2) is 4.68 Å². The maximum Gasteiger partial charge on any atom is 0.333 e. The summed E-state index contributed by atoms with van der Waals surface area (Å²) in [5.41, 5.74) is 6.38. The van der Waals surface area contributed by atoms with Gasteiger partial charge < -0.3 is 10.6 Å². The third-order valence-electron chi connectivity index (χ3n) is 3.85. The van der Waals surface area contributed by atoms with Gasteiger partial charge in [0.25, 0.3) is 0 Å². The van der Waals surface area contributed by atoms with Crippen LogP contribution in [0.25, 0.3) is 0 Å². The average molecular weight is 281 g/mol. The number of piperidine rings is 1. The van der Waals surface area contributed by atoms with Gasteiger partial charge >= 0.3 is 5.69 Å². The molecule has 1 aromatic rings. The number of hydrogen-bond donors (Lipinski definition) is 1. The Hall–Kier alpha value is -1.63. The van der Waals surface area contributed by atoms with Crippen molar-refractivity contribution in [3.05, 3.63) is 15.8 Å². The number of aromatic nitrogens is 2. The third kappa shape index (κ3) is 2.63. The van der Waals surface area contributed by atoms with Crippen LogP contribution in [0.4, 0.5) is 11.5 Å². The summed E-state index contributed by atoms with van der Waals surface area (Å²) in [5.74, 6) is 1.04. The van der Waals surface area contributed by atoms with Gasteiger partial charge in [-0.3, -0.25) is 10.1 Å². The molecule has 0 spiro atoms. The van der Waals surface area contributed by atoms with Crippen molar-refractivity contribution in [3.8, 4) is 0 Å². The van der Waals surface area contributed by atoms with Gasteiger partial charge in [-0.05, 0) is 46.1 Å². The molecule has 1 fully saturated rings. The lowest BCUT2D eigenvalue weighted by Crippen LogP contribution is -2.39. The van der Waals surface area contributed by atoms with E-state index in [0.29, 0.717) is 24.0 Å². The zero-order valence-corrected chi connectivity index (χ0v) is 12.4. The van der Waals surface area contributed by atoms with Crippen LogP contribution >= 0.6 is 0 Å². The predicted molar refractivity (Wildman–Crippen MR) is 78.0 cm³/mol. The monoisotopic (exact) mass is 281 g/mol. The van der Waals surface area contributed by atoms with Gasteiger partial charge in [0.2, 0.25) is 5.82 Å². The summed E-state index contributed by atoms with van der Waals surface area (Å²) in [6.45, 7) is 7.91. The Morgan fingerprint density at radius 3 is 2.80 bits per heavy atom. The molecule has 7 heteroatoms. The molecule has 1 aliphatic rings. The molecule has 1 unspecified atom stereocenters. The highest BCUT2D eigenvalue weighted by atomic mass is 16.6. The van der Waals surface area contributed by atoms with Crippen LogP contribution in [0.1, 0.15) is 38.4 Å². The fraction of sp³-hybridized carbons (Fsp3) is 0.769. The Bertz CT molecular complexity index is 497. The van der Waals surface area contributed by atoms with Gasteiger partial charge in [0.15, 0.2) is 0 Å². The number of hydrogen-bond acceptors (Lipinski definition) is 5. The molecule has 112 valence electrons. The summed E-state index contributed by atoms with van der Waals surface area (Å²) in [4.78, 5) is 13.1. The molecular weight excluding hydrogens is 258 g/mol. The van der Waals surface area contributed by atoms with Gasteiger partial charge in [0.05, 0.1) is 4.92 Å². The van der Waals surface area contributed by atoms with Gasteiger partial charge in [-0.15, -0.1) is 0 Å². The highest BCUT2D eigenvalue weighted by Gasteiger charge is 2.32. The number of nitro groups is 1. The lowest BCUT2D eigenvalue weighted by atomic mass is 9.98. The maximum atomic E-state index is 11.4. The van der Waals surface area contributed by atoms with Crippen LogP contribution in [0.5, 0.6) is 0 Å². The van der Waals surface area contributed by atoms with E-state index in [2.05, 4.69) is 10.00 Å². The number of nitrogens with two attached hydrogens (primary N) is 1. The molecule has 2 heterocycles. The van der Waals surface area contributed by atoms with E-state index in [0.717, 1.165) is 25.9 Å².